The topological polar surface area (TPSA) is 121 Å². The summed E-state index contributed by atoms with van der Waals surface area (Å²) in [6.07, 6.45) is -1.34. The lowest BCUT2D eigenvalue weighted by Crippen LogP contribution is -2.34. The molecule has 0 aliphatic carbocycles. The van der Waals surface area contributed by atoms with E-state index in [1.54, 1.807) is 20.8 Å². The summed E-state index contributed by atoms with van der Waals surface area (Å²) >= 11 is 0. The minimum Gasteiger partial charge on any atom is -0.464 e. The zero-order valence-corrected chi connectivity index (χ0v) is 13.8. The Morgan fingerprint density at radius 2 is 2.00 bits per heavy atom. The number of carbonyl (C=O) groups excluding carboxylic acids is 2. The Hall–Kier alpha value is -2.06. The summed E-state index contributed by atoms with van der Waals surface area (Å²) in [7, 11) is 1.25. The highest BCUT2D eigenvalue weighted by Crippen LogP contribution is 2.20. The molecule has 0 saturated heterocycles. The third-order valence-electron chi connectivity index (χ3n) is 2.92. The van der Waals surface area contributed by atoms with Gasteiger partial charge in [0.1, 0.15) is 17.4 Å². The maximum absolute atomic E-state index is 11.5. The van der Waals surface area contributed by atoms with Crippen LogP contribution in [0.25, 0.3) is 0 Å². The van der Waals surface area contributed by atoms with Crippen molar-refractivity contribution < 1.29 is 29.3 Å². The first-order chi connectivity index (χ1) is 10.6. The molecule has 0 fully saturated rings. The Kier molecular flexibility index (Phi) is 6.59. The fourth-order valence-electron chi connectivity index (χ4n) is 1.83. The lowest BCUT2D eigenvalue weighted by molar-refractivity contribution is 0.0123. The first-order valence-corrected chi connectivity index (χ1v) is 7.23. The van der Waals surface area contributed by atoms with Crippen LogP contribution < -0.4 is 5.32 Å². The molecule has 130 valence electrons. The zero-order valence-electron chi connectivity index (χ0n) is 13.8. The summed E-state index contributed by atoms with van der Waals surface area (Å²) in [4.78, 5) is 25.4. The van der Waals surface area contributed by atoms with Gasteiger partial charge in [0.2, 0.25) is 0 Å². The number of nitrogens with one attached hydrogen (secondary N) is 2. The molecule has 1 amide bonds. The molecule has 23 heavy (non-hydrogen) atoms. The number of alkyl carbamates (subject to hydrolysis) is 1. The second-order valence-corrected chi connectivity index (χ2v) is 6.07. The maximum atomic E-state index is 11.5. The van der Waals surface area contributed by atoms with E-state index >= 15 is 0 Å². The largest absolute Gasteiger partial charge is 0.464 e. The quantitative estimate of drug-likeness (QED) is 0.581. The predicted molar refractivity (Wildman–Crippen MR) is 82.0 cm³/mol. The summed E-state index contributed by atoms with van der Waals surface area (Å²) in [5.74, 6) is -0.565. The number of ether oxygens (including phenoxy) is 2. The van der Waals surface area contributed by atoms with E-state index in [1.807, 2.05) is 0 Å². The zero-order chi connectivity index (χ0) is 17.6. The number of amides is 1. The Morgan fingerprint density at radius 1 is 1.35 bits per heavy atom. The van der Waals surface area contributed by atoms with Crippen LogP contribution >= 0.6 is 0 Å². The number of hydrogen-bond acceptors (Lipinski definition) is 6. The van der Waals surface area contributed by atoms with E-state index in [4.69, 9.17) is 4.74 Å². The van der Waals surface area contributed by atoms with Crippen molar-refractivity contribution in [3.63, 3.8) is 0 Å². The number of aliphatic hydroxyl groups excluding tert-OH is 2. The Balaban J connectivity index is 2.45. The molecule has 1 aromatic rings. The molecule has 1 heterocycles. The minimum atomic E-state index is -1.19. The summed E-state index contributed by atoms with van der Waals surface area (Å²) in [5.41, 5.74) is -0.0618. The van der Waals surface area contributed by atoms with E-state index in [-0.39, 0.29) is 18.7 Å². The second-order valence-electron chi connectivity index (χ2n) is 6.07. The van der Waals surface area contributed by atoms with Crippen LogP contribution in [0.1, 0.15) is 49.3 Å². The van der Waals surface area contributed by atoms with Crippen LogP contribution in [0.3, 0.4) is 0 Å². The molecule has 1 aromatic heterocycles. The molecular weight excluding hydrogens is 304 g/mol. The van der Waals surface area contributed by atoms with Crippen LogP contribution in [-0.4, -0.2) is 52.6 Å². The van der Waals surface area contributed by atoms with Crippen molar-refractivity contribution in [1.82, 2.24) is 10.3 Å². The smallest absolute Gasteiger partial charge is 0.407 e. The monoisotopic (exact) mass is 328 g/mol. The summed E-state index contributed by atoms with van der Waals surface area (Å²) in [6.45, 7) is 5.38. The average Bonchev–Trinajstić information content (AvgIpc) is 2.93. The van der Waals surface area contributed by atoms with E-state index in [9.17, 15) is 19.8 Å². The average molecular weight is 328 g/mol. The van der Waals surface area contributed by atoms with Crippen LogP contribution in [0, 0.1) is 0 Å². The number of hydrogen-bond donors (Lipinski definition) is 4. The first-order valence-electron chi connectivity index (χ1n) is 7.23. The van der Waals surface area contributed by atoms with Crippen LogP contribution in [0.2, 0.25) is 0 Å². The van der Waals surface area contributed by atoms with Crippen molar-refractivity contribution >= 4 is 12.1 Å². The van der Waals surface area contributed by atoms with E-state index in [1.165, 1.54) is 19.4 Å². The van der Waals surface area contributed by atoms with E-state index < -0.39 is 29.9 Å². The highest BCUT2D eigenvalue weighted by molar-refractivity contribution is 5.87. The molecule has 8 nitrogen and oxygen atoms in total. The number of H-pyrrole nitrogens is 1. The SMILES string of the molecule is COC(=O)c1cc(C(O)C(O)CCNC(=O)OC(C)(C)C)c[nH]1. The molecule has 1 rings (SSSR count). The first kappa shape index (κ1) is 19.0. The van der Waals surface area contributed by atoms with E-state index in [0.717, 1.165) is 0 Å². The van der Waals surface area contributed by atoms with Gasteiger partial charge in [0.25, 0.3) is 0 Å². The van der Waals surface area contributed by atoms with Crippen molar-refractivity contribution in [2.45, 2.75) is 45.0 Å². The van der Waals surface area contributed by atoms with Crippen LogP contribution in [0.5, 0.6) is 0 Å². The van der Waals surface area contributed by atoms with E-state index in [2.05, 4.69) is 15.0 Å². The number of aromatic amines is 1. The molecule has 0 bridgehead atoms. The van der Waals surface area contributed by atoms with Crippen LogP contribution in [0.15, 0.2) is 12.3 Å². The van der Waals surface area contributed by atoms with Gasteiger partial charge in [0.15, 0.2) is 0 Å². The fourth-order valence-corrected chi connectivity index (χ4v) is 1.83. The van der Waals surface area contributed by atoms with Crippen molar-refractivity contribution in [3.8, 4) is 0 Å². The van der Waals surface area contributed by atoms with Gasteiger partial charge in [-0.25, -0.2) is 9.59 Å². The normalized spacial score (nSPS) is 14.0. The molecule has 8 heteroatoms. The molecular formula is C15H24N2O6. The number of esters is 1. The molecule has 0 aromatic carbocycles. The number of carbonyl (C=O) groups is 2. The van der Waals surface area contributed by atoms with Gasteiger partial charge in [0.05, 0.1) is 13.2 Å². The van der Waals surface area contributed by atoms with Crippen molar-refractivity contribution in [2.24, 2.45) is 0 Å². The summed E-state index contributed by atoms with van der Waals surface area (Å²) in [5, 5.41) is 22.5. The maximum Gasteiger partial charge on any atom is 0.407 e. The van der Waals surface area contributed by atoms with Crippen molar-refractivity contribution in [2.75, 3.05) is 13.7 Å². The number of rotatable bonds is 6. The predicted octanol–water partition coefficient (Wildman–Crippen LogP) is 1.11. The minimum absolute atomic E-state index is 0.124. The molecule has 2 atom stereocenters. The molecule has 0 spiro atoms. The van der Waals surface area contributed by atoms with Gasteiger partial charge in [-0.15, -0.1) is 0 Å². The summed E-state index contributed by atoms with van der Waals surface area (Å²) in [6, 6.07) is 1.40. The van der Waals surface area contributed by atoms with Crippen LogP contribution in [-0.2, 0) is 9.47 Å². The van der Waals surface area contributed by atoms with Gasteiger partial charge in [-0.1, -0.05) is 0 Å². The lowest BCUT2D eigenvalue weighted by Gasteiger charge is -2.21. The third kappa shape index (κ3) is 6.29. The molecule has 2 unspecified atom stereocenters. The van der Waals surface area contributed by atoms with Gasteiger partial charge in [0, 0.05) is 18.3 Å². The van der Waals surface area contributed by atoms with Crippen LogP contribution in [0.4, 0.5) is 4.79 Å². The van der Waals surface area contributed by atoms with E-state index in [0.29, 0.717) is 5.56 Å². The molecule has 0 radical (unpaired) electrons. The number of aliphatic hydroxyl groups is 2. The molecule has 4 N–H and O–H groups in total. The van der Waals surface area contributed by atoms with Crippen molar-refractivity contribution in [1.29, 1.82) is 0 Å². The van der Waals surface area contributed by atoms with Gasteiger partial charge in [-0.3, -0.25) is 0 Å². The molecule has 0 saturated carbocycles. The molecule has 0 aliphatic rings. The Morgan fingerprint density at radius 3 is 2.57 bits per heavy atom. The van der Waals surface area contributed by atoms with Crippen molar-refractivity contribution in [3.05, 3.63) is 23.5 Å². The van der Waals surface area contributed by atoms with Gasteiger partial charge in [-0.05, 0) is 33.3 Å². The highest BCUT2D eigenvalue weighted by atomic mass is 16.6. The Labute approximate surface area is 134 Å². The molecule has 0 aliphatic heterocycles. The summed E-state index contributed by atoms with van der Waals surface area (Å²) < 4.78 is 9.60. The van der Waals surface area contributed by atoms with Gasteiger partial charge >= 0.3 is 12.1 Å². The van der Waals surface area contributed by atoms with Gasteiger partial charge < -0.3 is 30.0 Å². The van der Waals surface area contributed by atoms with Gasteiger partial charge in [-0.2, -0.15) is 0 Å². The number of methoxy groups -OCH3 is 1. The number of aromatic nitrogens is 1. The highest BCUT2D eigenvalue weighted by Gasteiger charge is 2.22. The fraction of sp³-hybridized carbons (Fsp3) is 0.600. The Bertz CT molecular complexity index is 534. The second kappa shape index (κ2) is 7.98. The standard InChI is InChI=1S/C15H24N2O6/c1-15(2,3)23-14(21)16-6-5-11(18)12(19)9-7-10(17-8-9)13(20)22-4/h7-8,11-12,17-19H,5-6H2,1-4H3,(H,16,21). The third-order valence-corrected chi connectivity index (χ3v) is 2.92. The lowest BCUT2D eigenvalue weighted by atomic mass is 10.0.